The molecule has 0 N–H and O–H groups in total. The summed E-state index contributed by atoms with van der Waals surface area (Å²) in [5.41, 5.74) is 0.372. The zero-order valence-corrected chi connectivity index (χ0v) is 15.4. The van der Waals surface area contributed by atoms with Gasteiger partial charge in [0, 0.05) is 38.3 Å². The van der Waals surface area contributed by atoms with Gasteiger partial charge < -0.3 is 4.90 Å². The lowest BCUT2D eigenvalue weighted by Crippen LogP contribution is -2.49. The van der Waals surface area contributed by atoms with E-state index < -0.39 is 31.5 Å². The fourth-order valence-electron chi connectivity index (χ4n) is 2.89. The summed E-state index contributed by atoms with van der Waals surface area (Å²) in [6.45, 7) is 0.409. The van der Waals surface area contributed by atoms with Crippen molar-refractivity contribution < 1.29 is 22.1 Å². The summed E-state index contributed by atoms with van der Waals surface area (Å²) in [7, 11) is -4.32. The summed E-state index contributed by atoms with van der Waals surface area (Å²) >= 11 is 6.09. The molecule has 144 valence electrons. The molecule has 0 amide bonds. The summed E-state index contributed by atoms with van der Waals surface area (Å²) in [5.74, 6) is -2.29. The number of hydrogen-bond donors (Lipinski definition) is 0. The number of anilines is 1. The number of nitrogens with zero attached hydrogens (tertiary/aromatic N) is 3. The molecule has 0 spiro atoms. The lowest BCUT2D eigenvalue weighted by molar-refractivity contribution is -0.384. The number of benzene rings is 2. The lowest BCUT2D eigenvalue weighted by Gasteiger charge is -2.35. The average Bonchev–Trinajstić information content (AvgIpc) is 2.61. The molecule has 1 aliphatic heterocycles. The first kappa shape index (κ1) is 19.5. The van der Waals surface area contributed by atoms with Crippen LogP contribution in [-0.2, 0) is 10.0 Å². The Bertz CT molecular complexity index is 975. The highest BCUT2D eigenvalue weighted by Crippen LogP contribution is 2.31. The molecule has 0 bridgehead atoms. The highest BCUT2D eigenvalue weighted by atomic mass is 35.5. The zero-order chi connectivity index (χ0) is 19.8. The number of nitro groups is 1. The van der Waals surface area contributed by atoms with Crippen LogP contribution in [0.2, 0.25) is 5.02 Å². The molecule has 1 fully saturated rings. The van der Waals surface area contributed by atoms with Gasteiger partial charge in [-0.1, -0.05) is 17.7 Å². The molecule has 0 aromatic heterocycles. The Kier molecular flexibility index (Phi) is 5.31. The number of piperazine rings is 1. The molecule has 0 atom stereocenters. The van der Waals surface area contributed by atoms with E-state index in [4.69, 9.17) is 11.6 Å². The van der Waals surface area contributed by atoms with E-state index in [-0.39, 0.29) is 36.9 Å². The third-order valence-electron chi connectivity index (χ3n) is 4.24. The molecule has 27 heavy (non-hydrogen) atoms. The van der Waals surface area contributed by atoms with Gasteiger partial charge in [0.15, 0.2) is 4.90 Å². The third-order valence-corrected chi connectivity index (χ3v) is 6.49. The first-order valence-electron chi connectivity index (χ1n) is 7.85. The largest absolute Gasteiger partial charge is 0.368 e. The van der Waals surface area contributed by atoms with Crippen LogP contribution in [0.15, 0.2) is 41.3 Å². The van der Waals surface area contributed by atoms with Gasteiger partial charge in [0.2, 0.25) is 10.0 Å². The second-order valence-electron chi connectivity index (χ2n) is 5.83. The molecular formula is C16H14ClF2N3O4S. The van der Waals surface area contributed by atoms with Crippen LogP contribution < -0.4 is 4.90 Å². The van der Waals surface area contributed by atoms with E-state index in [0.717, 1.165) is 22.5 Å². The van der Waals surface area contributed by atoms with Crippen LogP contribution in [0.1, 0.15) is 0 Å². The maximum absolute atomic E-state index is 13.9. The number of non-ortho nitro benzene ring substituents is 1. The van der Waals surface area contributed by atoms with Crippen molar-refractivity contribution in [3.05, 3.63) is 63.2 Å². The van der Waals surface area contributed by atoms with Gasteiger partial charge in [-0.05, 0) is 18.2 Å². The molecule has 2 aromatic rings. The van der Waals surface area contributed by atoms with E-state index in [0.29, 0.717) is 5.69 Å². The number of hydrogen-bond acceptors (Lipinski definition) is 5. The van der Waals surface area contributed by atoms with Gasteiger partial charge in [-0.25, -0.2) is 17.2 Å². The predicted octanol–water partition coefficient (Wildman–Crippen LogP) is 3.04. The van der Waals surface area contributed by atoms with Crippen LogP contribution in [0.25, 0.3) is 0 Å². The van der Waals surface area contributed by atoms with E-state index in [9.17, 15) is 27.3 Å². The minimum Gasteiger partial charge on any atom is -0.368 e. The van der Waals surface area contributed by atoms with Crippen molar-refractivity contribution in [2.75, 3.05) is 31.1 Å². The SMILES string of the molecule is O=[N+]([O-])c1ccc(N2CCN(S(=O)(=O)c3c(F)cccc3F)CC2)c(Cl)c1. The molecule has 7 nitrogen and oxygen atoms in total. The van der Waals surface area contributed by atoms with E-state index in [2.05, 4.69) is 0 Å². The Morgan fingerprint density at radius 1 is 1.04 bits per heavy atom. The fourth-order valence-corrected chi connectivity index (χ4v) is 4.72. The quantitative estimate of drug-likeness (QED) is 0.564. The predicted molar refractivity (Wildman–Crippen MR) is 95.4 cm³/mol. The van der Waals surface area contributed by atoms with Crippen LogP contribution in [0, 0.1) is 21.7 Å². The van der Waals surface area contributed by atoms with E-state index >= 15 is 0 Å². The van der Waals surface area contributed by atoms with Crippen LogP contribution in [-0.4, -0.2) is 43.8 Å². The monoisotopic (exact) mass is 417 g/mol. The van der Waals surface area contributed by atoms with Gasteiger partial charge in [0.05, 0.1) is 15.6 Å². The molecule has 1 heterocycles. The molecule has 1 saturated heterocycles. The number of halogens is 3. The minimum atomic E-state index is -4.32. The van der Waals surface area contributed by atoms with Crippen molar-refractivity contribution >= 4 is 33.0 Å². The molecule has 1 aliphatic rings. The van der Waals surface area contributed by atoms with E-state index in [1.165, 1.54) is 18.2 Å². The van der Waals surface area contributed by atoms with Crippen LogP contribution in [0.3, 0.4) is 0 Å². The summed E-state index contributed by atoms with van der Waals surface area (Å²) in [4.78, 5) is 11.0. The van der Waals surface area contributed by atoms with Gasteiger partial charge in [0.1, 0.15) is 11.6 Å². The van der Waals surface area contributed by atoms with E-state index in [1.807, 2.05) is 0 Å². The summed E-state index contributed by atoms with van der Waals surface area (Å²) < 4.78 is 53.9. The molecule has 0 saturated carbocycles. The maximum Gasteiger partial charge on any atom is 0.271 e. The smallest absolute Gasteiger partial charge is 0.271 e. The van der Waals surface area contributed by atoms with Crippen LogP contribution in [0.5, 0.6) is 0 Å². The van der Waals surface area contributed by atoms with Crippen molar-refractivity contribution in [3.8, 4) is 0 Å². The van der Waals surface area contributed by atoms with Gasteiger partial charge in [-0.2, -0.15) is 4.31 Å². The summed E-state index contributed by atoms with van der Waals surface area (Å²) in [6, 6.07) is 6.89. The van der Waals surface area contributed by atoms with Crippen LogP contribution >= 0.6 is 11.6 Å². The van der Waals surface area contributed by atoms with Gasteiger partial charge in [-0.3, -0.25) is 10.1 Å². The minimum absolute atomic E-state index is 0.0105. The lowest BCUT2D eigenvalue weighted by atomic mass is 10.2. The Hall–Kier alpha value is -2.30. The molecule has 3 rings (SSSR count). The number of sulfonamides is 1. The van der Waals surface area contributed by atoms with Crippen molar-refractivity contribution in [2.45, 2.75) is 4.90 Å². The molecule has 0 aliphatic carbocycles. The maximum atomic E-state index is 13.9. The van der Waals surface area contributed by atoms with Gasteiger partial charge in [-0.15, -0.1) is 0 Å². The molecular weight excluding hydrogens is 404 g/mol. The second-order valence-corrected chi connectivity index (χ2v) is 8.12. The zero-order valence-electron chi connectivity index (χ0n) is 13.8. The molecule has 2 aromatic carbocycles. The fraction of sp³-hybridized carbons (Fsp3) is 0.250. The Morgan fingerprint density at radius 3 is 2.15 bits per heavy atom. The summed E-state index contributed by atoms with van der Waals surface area (Å²) in [5, 5.41) is 10.9. The van der Waals surface area contributed by atoms with Gasteiger partial charge >= 0.3 is 0 Å². The average molecular weight is 418 g/mol. The topological polar surface area (TPSA) is 83.8 Å². The molecule has 11 heteroatoms. The first-order valence-corrected chi connectivity index (χ1v) is 9.66. The molecule has 0 radical (unpaired) electrons. The Morgan fingerprint density at radius 2 is 1.63 bits per heavy atom. The van der Waals surface area contributed by atoms with Crippen molar-refractivity contribution in [3.63, 3.8) is 0 Å². The van der Waals surface area contributed by atoms with E-state index in [1.54, 1.807) is 4.90 Å². The normalized spacial score (nSPS) is 15.7. The highest BCUT2D eigenvalue weighted by Gasteiger charge is 2.33. The van der Waals surface area contributed by atoms with Crippen molar-refractivity contribution in [2.24, 2.45) is 0 Å². The van der Waals surface area contributed by atoms with Crippen molar-refractivity contribution in [1.29, 1.82) is 0 Å². The first-order chi connectivity index (χ1) is 12.7. The van der Waals surface area contributed by atoms with Crippen LogP contribution in [0.4, 0.5) is 20.2 Å². The summed E-state index contributed by atoms with van der Waals surface area (Å²) in [6.07, 6.45) is 0. The van der Waals surface area contributed by atoms with Crippen molar-refractivity contribution in [1.82, 2.24) is 4.31 Å². The number of nitro benzene ring substituents is 1. The second kappa shape index (κ2) is 7.37. The number of rotatable bonds is 4. The third kappa shape index (κ3) is 3.73. The Labute approximate surface area is 159 Å². The standard InChI is InChI=1S/C16H14ClF2N3O4S/c17-12-10-11(22(23)24)4-5-15(12)20-6-8-21(9-7-20)27(25,26)16-13(18)2-1-3-14(16)19/h1-5,10H,6-9H2. The Balaban J connectivity index is 1.78. The molecule has 0 unspecified atom stereocenters. The van der Waals surface area contributed by atoms with Gasteiger partial charge in [0.25, 0.3) is 5.69 Å². The highest BCUT2D eigenvalue weighted by molar-refractivity contribution is 7.89.